The van der Waals surface area contributed by atoms with Crippen LogP contribution < -0.4 is 10.1 Å². The second-order valence-electron chi connectivity index (χ2n) is 6.12. The summed E-state index contributed by atoms with van der Waals surface area (Å²) < 4.78 is 10.3. The summed E-state index contributed by atoms with van der Waals surface area (Å²) in [4.78, 5) is 12.3. The molecule has 1 N–H and O–H groups in total. The molecule has 26 heavy (non-hydrogen) atoms. The largest absolute Gasteiger partial charge is 0.497 e. The fourth-order valence-electron chi connectivity index (χ4n) is 2.81. The molecule has 0 saturated heterocycles. The van der Waals surface area contributed by atoms with Crippen LogP contribution in [0.2, 0.25) is 0 Å². The van der Waals surface area contributed by atoms with Gasteiger partial charge in [-0.05, 0) is 31.0 Å². The van der Waals surface area contributed by atoms with E-state index < -0.39 is 0 Å². The summed E-state index contributed by atoms with van der Waals surface area (Å²) in [6.07, 6.45) is 2.57. The van der Waals surface area contributed by atoms with Crippen LogP contribution in [0.15, 0.2) is 65.4 Å². The van der Waals surface area contributed by atoms with Crippen LogP contribution in [0.3, 0.4) is 0 Å². The van der Waals surface area contributed by atoms with Crippen molar-refractivity contribution in [3.8, 4) is 17.0 Å². The lowest BCUT2D eigenvalue weighted by Crippen LogP contribution is -2.26. The van der Waals surface area contributed by atoms with Gasteiger partial charge in [0.1, 0.15) is 17.7 Å². The zero-order valence-electron chi connectivity index (χ0n) is 14.9. The van der Waals surface area contributed by atoms with Crippen LogP contribution in [0.4, 0.5) is 0 Å². The Kier molecular flexibility index (Phi) is 5.69. The molecule has 5 heteroatoms. The first kappa shape index (κ1) is 17.7. The lowest BCUT2D eigenvalue weighted by molar-refractivity contribution is -0.121. The van der Waals surface area contributed by atoms with Gasteiger partial charge in [-0.3, -0.25) is 4.79 Å². The van der Waals surface area contributed by atoms with Crippen molar-refractivity contribution in [1.29, 1.82) is 0 Å². The third-order valence-corrected chi connectivity index (χ3v) is 4.31. The Bertz CT molecular complexity index is 841. The summed E-state index contributed by atoms with van der Waals surface area (Å²) in [5.74, 6) is 0.793. The SMILES string of the molecule is COc1ccc(C(C)NC(=O)CCc2conc2-c2ccccc2)cc1. The number of aryl methyl sites for hydroxylation is 1. The van der Waals surface area contributed by atoms with Gasteiger partial charge in [-0.25, -0.2) is 0 Å². The van der Waals surface area contributed by atoms with Gasteiger partial charge in [0.05, 0.1) is 13.2 Å². The van der Waals surface area contributed by atoms with E-state index in [0.717, 1.165) is 28.1 Å². The van der Waals surface area contributed by atoms with Crippen molar-refractivity contribution < 1.29 is 14.1 Å². The van der Waals surface area contributed by atoms with Crippen LogP contribution in [0, 0.1) is 0 Å². The Balaban J connectivity index is 1.57. The van der Waals surface area contributed by atoms with Gasteiger partial charge in [-0.2, -0.15) is 0 Å². The third kappa shape index (κ3) is 4.30. The average molecular weight is 350 g/mol. The Morgan fingerprint density at radius 3 is 2.58 bits per heavy atom. The molecule has 3 rings (SSSR count). The molecule has 2 aromatic carbocycles. The zero-order valence-corrected chi connectivity index (χ0v) is 14.9. The summed E-state index contributed by atoms with van der Waals surface area (Å²) >= 11 is 0. The van der Waals surface area contributed by atoms with Crippen LogP contribution in [0.25, 0.3) is 11.3 Å². The highest BCUT2D eigenvalue weighted by molar-refractivity contribution is 5.77. The van der Waals surface area contributed by atoms with Crippen molar-refractivity contribution in [1.82, 2.24) is 10.5 Å². The monoisotopic (exact) mass is 350 g/mol. The molecular formula is C21H22N2O3. The molecule has 0 saturated carbocycles. The Hall–Kier alpha value is -3.08. The van der Waals surface area contributed by atoms with Gasteiger partial charge in [0.2, 0.25) is 5.91 Å². The van der Waals surface area contributed by atoms with Crippen LogP contribution in [-0.4, -0.2) is 18.2 Å². The number of carbonyl (C=O) groups is 1. The van der Waals surface area contributed by atoms with E-state index in [0.29, 0.717) is 12.8 Å². The molecule has 0 spiro atoms. The highest BCUT2D eigenvalue weighted by atomic mass is 16.5. The molecule has 3 aromatic rings. The van der Waals surface area contributed by atoms with Crippen LogP contribution >= 0.6 is 0 Å². The smallest absolute Gasteiger partial charge is 0.220 e. The van der Waals surface area contributed by atoms with Gasteiger partial charge in [0.15, 0.2) is 0 Å². The predicted octanol–water partition coefficient (Wildman–Crippen LogP) is 4.16. The first-order valence-corrected chi connectivity index (χ1v) is 8.59. The Morgan fingerprint density at radius 2 is 1.88 bits per heavy atom. The first-order valence-electron chi connectivity index (χ1n) is 8.59. The fourth-order valence-corrected chi connectivity index (χ4v) is 2.81. The molecule has 0 aliphatic carbocycles. The Labute approximate surface area is 153 Å². The molecule has 0 aliphatic rings. The van der Waals surface area contributed by atoms with Crippen molar-refractivity contribution in [3.63, 3.8) is 0 Å². The van der Waals surface area contributed by atoms with Gasteiger partial charge in [-0.1, -0.05) is 47.6 Å². The Morgan fingerprint density at radius 1 is 1.15 bits per heavy atom. The summed E-state index contributed by atoms with van der Waals surface area (Å²) in [6.45, 7) is 1.97. The van der Waals surface area contributed by atoms with Crippen LogP contribution in [-0.2, 0) is 11.2 Å². The lowest BCUT2D eigenvalue weighted by Gasteiger charge is -2.14. The first-order chi connectivity index (χ1) is 12.7. The number of carbonyl (C=O) groups excluding carboxylic acids is 1. The summed E-state index contributed by atoms with van der Waals surface area (Å²) in [5, 5.41) is 7.10. The highest BCUT2D eigenvalue weighted by Gasteiger charge is 2.14. The lowest BCUT2D eigenvalue weighted by atomic mass is 10.0. The number of rotatable bonds is 7. The molecule has 0 fully saturated rings. The number of hydrogen-bond donors (Lipinski definition) is 1. The molecule has 1 heterocycles. The number of hydrogen-bond acceptors (Lipinski definition) is 4. The van der Waals surface area contributed by atoms with Gasteiger partial charge >= 0.3 is 0 Å². The average Bonchev–Trinajstić information content (AvgIpc) is 3.16. The number of nitrogens with zero attached hydrogens (tertiary/aromatic N) is 1. The van der Waals surface area contributed by atoms with Crippen molar-refractivity contribution in [3.05, 3.63) is 72.0 Å². The maximum absolute atomic E-state index is 12.3. The molecule has 1 amide bonds. The fraction of sp³-hybridized carbons (Fsp3) is 0.238. The number of aromatic nitrogens is 1. The molecular weight excluding hydrogens is 328 g/mol. The van der Waals surface area contributed by atoms with Crippen molar-refractivity contribution in [2.24, 2.45) is 0 Å². The van der Waals surface area contributed by atoms with Gasteiger partial charge in [0.25, 0.3) is 0 Å². The van der Waals surface area contributed by atoms with E-state index in [2.05, 4.69) is 10.5 Å². The number of benzene rings is 2. The van der Waals surface area contributed by atoms with Gasteiger partial charge in [0, 0.05) is 17.5 Å². The summed E-state index contributed by atoms with van der Waals surface area (Å²) in [6, 6.07) is 17.5. The maximum Gasteiger partial charge on any atom is 0.220 e. The van der Waals surface area contributed by atoms with Crippen LogP contribution in [0.5, 0.6) is 5.75 Å². The molecule has 0 aliphatic heterocycles. The van der Waals surface area contributed by atoms with Crippen LogP contribution in [0.1, 0.15) is 30.5 Å². The van der Waals surface area contributed by atoms with E-state index >= 15 is 0 Å². The van der Waals surface area contributed by atoms with E-state index in [-0.39, 0.29) is 11.9 Å². The minimum atomic E-state index is -0.0653. The highest BCUT2D eigenvalue weighted by Crippen LogP contribution is 2.23. The maximum atomic E-state index is 12.3. The number of nitrogens with one attached hydrogen (secondary N) is 1. The third-order valence-electron chi connectivity index (χ3n) is 4.31. The van der Waals surface area contributed by atoms with E-state index in [4.69, 9.17) is 9.26 Å². The molecule has 0 radical (unpaired) electrons. The van der Waals surface area contributed by atoms with Gasteiger partial charge < -0.3 is 14.6 Å². The van der Waals surface area contributed by atoms with E-state index in [9.17, 15) is 4.79 Å². The van der Waals surface area contributed by atoms with Crippen molar-refractivity contribution >= 4 is 5.91 Å². The normalized spacial score (nSPS) is 11.8. The molecule has 1 aromatic heterocycles. The standard InChI is InChI=1S/C21H22N2O3/c1-15(16-8-11-19(25-2)12-9-16)22-20(24)13-10-18-14-26-23-21(18)17-6-4-3-5-7-17/h3-9,11-12,14-15H,10,13H2,1-2H3,(H,22,24). The molecule has 1 atom stereocenters. The number of ether oxygens (including phenoxy) is 1. The minimum Gasteiger partial charge on any atom is -0.497 e. The van der Waals surface area contributed by atoms with Gasteiger partial charge in [-0.15, -0.1) is 0 Å². The molecule has 0 bridgehead atoms. The quantitative estimate of drug-likeness (QED) is 0.695. The van der Waals surface area contributed by atoms with E-state index in [1.54, 1.807) is 13.4 Å². The van der Waals surface area contributed by atoms with E-state index in [1.165, 1.54) is 0 Å². The predicted molar refractivity (Wildman–Crippen MR) is 99.8 cm³/mol. The number of amides is 1. The topological polar surface area (TPSA) is 64.4 Å². The molecule has 5 nitrogen and oxygen atoms in total. The number of methoxy groups -OCH3 is 1. The second-order valence-corrected chi connectivity index (χ2v) is 6.12. The summed E-state index contributed by atoms with van der Waals surface area (Å²) in [5.41, 5.74) is 3.75. The molecule has 134 valence electrons. The summed E-state index contributed by atoms with van der Waals surface area (Å²) in [7, 11) is 1.63. The minimum absolute atomic E-state index is 0.00599. The van der Waals surface area contributed by atoms with E-state index in [1.807, 2.05) is 61.5 Å². The second kappa shape index (κ2) is 8.34. The molecule has 1 unspecified atom stereocenters. The van der Waals surface area contributed by atoms with Crippen molar-refractivity contribution in [2.75, 3.05) is 7.11 Å². The van der Waals surface area contributed by atoms with Crippen molar-refractivity contribution in [2.45, 2.75) is 25.8 Å². The zero-order chi connectivity index (χ0) is 18.4.